The van der Waals surface area contributed by atoms with Gasteiger partial charge in [-0.3, -0.25) is 0 Å². The van der Waals surface area contributed by atoms with Crippen LogP contribution in [0.2, 0.25) is 0 Å². The Morgan fingerprint density at radius 3 is 3.00 bits per heavy atom. The van der Waals surface area contributed by atoms with Crippen molar-refractivity contribution in [2.24, 2.45) is 5.92 Å². The van der Waals surface area contributed by atoms with Gasteiger partial charge in [-0.25, -0.2) is 15.0 Å². The van der Waals surface area contributed by atoms with E-state index in [1.165, 1.54) is 0 Å². The minimum atomic E-state index is -0.504. The first-order valence-electron chi connectivity index (χ1n) is 9.99. The van der Waals surface area contributed by atoms with Crippen LogP contribution in [0.25, 0.3) is 11.2 Å². The maximum absolute atomic E-state index is 9.90. The van der Waals surface area contributed by atoms with E-state index in [2.05, 4.69) is 25.9 Å². The number of imidazole rings is 1. The van der Waals surface area contributed by atoms with Crippen molar-refractivity contribution >= 4 is 17.0 Å². The quantitative estimate of drug-likeness (QED) is 0.600. The lowest BCUT2D eigenvalue weighted by atomic mass is 9.99. The van der Waals surface area contributed by atoms with Crippen LogP contribution in [-0.4, -0.2) is 62.6 Å². The first kappa shape index (κ1) is 19.6. The smallest absolute Gasteiger partial charge is 0.165 e. The van der Waals surface area contributed by atoms with Gasteiger partial charge in [0.1, 0.15) is 12.1 Å². The van der Waals surface area contributed by atoms with E-state index in [1.54, 1.807) is 25.8 Å². The number of hydrogen-bond acceptors (Lipinski definition) is 7. The Balaban J connectivity index is 1.45. The highest BCUT2D eigenvalue weighted by Crippen LogP contribution is 2.29. The fourth-order valence-electron chi connectivity index (χ4n) is 4.04. The number of methoxy groups -OCH3 is 1. The molecular weight excluding hydrogens is 370 g/mol. The van der Waals surface area contributed by atoms with Crippen LogP contribution in [-0.2, 0) is 17.7 Å². The molecule has 2 atom stereocenters. The molecule has 1 fully saturated rings. The topological polar surface area (TPSA) is 96.5 Å². The van der Waals surface area contributed by atoms with Crippen LogP contribution in [0, 0.1) is 5.92 Å². The molecule has 4 rings (SSSR count). The molecule has 29 heavy (non-hydrogen) atoms. The summed E-state index contributed by atoms with van der Waals surface area (Å²) in [5.74, 6) is 1.69. The summed E-state index contributed by atoms with van der Waals surface area (Å²) in [4.78, 5) is 15.8. The van der Waals surface area contributed by atoms with Gasteiger partial charge in [-0.1, -0.05) is 12.1 Å². The number of aromatic hydroxyl groups is 1. The molecule has 3 aromatic rings. The molecule has 154 valence electrons. The van der Waals surface area contributed by atoms with Gasteiger partial charge in [0.2, 0.25) is 0 Å². The Morgan fingerprint density at radius 1 is 1.28 bits per heavy atom. The van der Waals surface area contributed by atoms with Gasteiger partial charge in [-0.15, -0.1) is 0 Å². The summed E-state index contributed by atoms with van der Waals surface area (Å²) in [6.07, 6.45) is 5.44. The fourth-order valence-corrected chi connectivity index (χ4v) is 4.04. The third-order valence-electron chi connectivity index (χ3n) is 5.46. The van der Waals surface area contributed by atoms with Crippen LogP contribution in [0.4, 0.5) is 5.82 Å². The first-order chi connectivity index (χ1) is 14.1. The number of phenolic OH excluding ortho intramolecular Hbond substituents is 1. The molecule has 0 bridgehead atoms. The zero-order valence-electron chi connectivity index (χ0n) is 16.6. The monoisotopic (exact) mass is 397 g/mol. The Bertz CT molecular complexity index is 960. The number of benzene rings is 1. The van der Waals surface area contributed by atoms with Crippen molar-refractivity contribution in [1.29, 1.82) is 0 Å². The second-order valence-corrected chi connectivity index (χ2v) is 7.68. The van der Waals surface area contributed by atoms with Crippen LogP contribution >= 0.6 is 0 Å². The van der Waals surface area contributed by atoms with E-state index in [0.717, 1.165) is 48.5 Å². The first-order valence-corrected chi connectivity index (χ1v) is 9.99. The highest BCUT2D eigenvalue weighted by atomic mass is 16.5. The maximum Gasteiger partial charge on any atom is 0.165 e. The summed E-state index contributed by atoms with van der Waals surface area (Å²) in [6, 6.07) is 7.49. The Kier molecular flexibility index (Phi) is 5.92. The highest BCUT2D eigenvalue weighted by Gasteiger charge is 2.26. The van der Waals surface area contributed by atoms with E-state index >= 15 is 0 Å². The van der Waals surface area contributed by atoms with Gasteiger partial charge in [0.05, 0.1) is 19.0 Å². The Labute approximate surface area is 169 Å². The summed E-state index contributed by atoms with van der Waals surface area (Å²) in [7, 11) is 1.58. The van der Waals surface area contributed by atoms with Crippen molar-refractivity contribution in [3.8, 4) is 5.75 Å². The van der Waals surface area contributed by atoms with Crippen LogP contribution in [0.15, 0.2) is 36.9 Å². The molecule has 1 aromatic carbocycles. The van der Waals surface area contributed by atoms with E-state index in [1.807, 2.05) is 16.7 Å². The van der Waals surface area contributed by atoms with Crippen LogP contribution in [0.5, 0.6) is 5.75 Å². The standard InChI is InChI=1S/C21H27N5O3/c1-29-12-18(28)6-8-26-14-24-19-20(22-13-23-21(19)26)25-7-5-16(11-25)9-15-3-2-4-17(27)10-15/h2-4,10,13-14,16,18,27-28H,5-9,11-12H2,1H3. The molecule has 1 aliphatic rings. The number of fused-ring (bicyclic) bond motifs is 1. The van der Waals surface area contributed by atoms with Crippen molar-refractivity contribution in [3.63, 3.8) is 0 Å². The number of aliphatic hydroxyl groups excluding tert-OH is 1. The van der Waals surface area contributed by atoms with Gasteiger partial charge in [-0.05, 0) is 42.9 Å². The van der Waals surface area contributed by atoms with Gasteiger partial charge in [-0.2, -0.15) is 0 Å². The third kappa shape index (κ3) is 4.49. The van der Waals surface area contributed by atoms with Crippen LogP contribution < -0.4 is 4.90 Å². The van der Waals surface area contributed by atoms with Crippen molar-refractivity contribution in [2.75, 3.05) is 31.7 Å². The summed E-state index contributed by atoms with van der Waals surface area (Å²) < 4.78 is 6.94. The van der Waals surface area contributed by atoms with Crippen LogP contribution in [0.1, 0.15) is 18.4 Å². The SMILES string of the molecule is COCC(O)CCn1cnc2c(N3CCC(Cc4cccc(O)c4)C3)ncnc21. The minimum absolute atomic E-state index is 0.316. The van der Waals surface area contributed by atoms with Gasteiger partial charge in [0, 0.05) is 26.7 Å². The fraction of sp³-hybridized carbons (Fsp3) is 0.476. The molecule has 2 unspecified atom stereocenters. The number of anilines is 1. The molecule has 0 saturated carbocycles. The van der Waals surface area contributed by atoms with E-state index in [9.17, 15) is 10.2 Å². The normalized spacial score (nSPS) is 17.9. The Morgan fingerprint density at radius 2 is 2.17 bits per heavy atom. The number of aliphatic hydroxyl groups is 1. The lowest BCUT2D eigenvalue weighted by Gasteiger charge is -2.18. The molecule has 0 spiro atoms. The number of hydrogen-bond donors (Lipinski definition) is 2. The third-order valence-corrected chi connectivity index (χ3v) is 5.46. The molecule has 1 aliphatic heterocycles. The predicted octanol–water partition coefficient (Wildman–Crippen LogP) is 2.00. The summed E-state index contributed by atoms with van der Waals surface area (Å²) in [6.45, 7) is 2.77. The number of aromatic nitrogens is 4. The van der Waals surface area contributed by atoms with E-state index in [-0.39, 0.29) is 0 Å². The molecule has 3 heterocycles. The number of nitrogens with zero attached hydrogens (tertiary/aromatic N) is 5. The number of rotatable bonds is 8. The molecule has 0 radical (unpaired) electrons. The largest absolute Gasteiger partial charge is 0.508 e. The van der Waals surface area contributed by atoms with Crippen molar-refractivity contribution in [1.82, 2.24) is 19.5 Å². The molecule has 0 aliphatic carbocycles. The molecule has 8 nitrogen and oxygen atoms in total. The molecule has 1 saturated heterocycles. The lowest BCUT2D eigenvalue weighted by molar-refractivity contribution is 0.0567. The Hall–Kier alpha value is -2.71. The van der Waals surface area contributed by atoms with E-state index in [4.69, 9.17) is 4.74 Å². The van der Waals surface area contributed by atoms with Crippen molar-refractivity contribution in [3.05, 3.63) is 42.5 Å². The molecule has 0 amide bonds. The second-order valence-electron chi connectivity index (χ2n) is 7.68. The van der Waals surface area contributed by atoms with Crippen LogP contribution in [0.3, 0.4) is 0 Å². The summed E-state index contributed by atoms with van der Waals surface area (Å²) >= 11 is 0. The highest BCUT2D eigenvalue weighted by molar-refractivity contribution is 5.83. The van der Waals surface area contributed by atoms with E-state index in [0.29, 0.717) is 31.2 Å². The number of phenols is 1. The van der Waals surface area contributed by atoms with Crippen molar-refractivity contribution < 1.29 is 14.9 Å². The second kappa shape index (κ2) is 8.75. The summed E-state index contributed by atoms with van der Waals surface area (Å²) in [5.41, 5.74) is 2.74. The van der Waals surface area contributed by atoms with E-state index < -0.39 is 6.10 Å². The maximum atomic E-state index is 9.90. The molecular formula is C21H27N5O3. The average Bonchev–Trinajstić information content (AvgIpc) is 3.33. The average molecular weight is 397 g/mol. The van der Waals surface area contributed by atoms with Gasteiger partial charge in [0.25, 0.3) is 0 Å². The molecule has 8 heteroatoms. The summed E-state index contributed by atoms with van der Waals surface area (Å²) in [5, 5.41) is 19.6. The zero-order valence-corrected chi connectivity index (χ0v) is 16.6. The minimum Gasteiger partial charge on any atom is -0.508 e. The predicted molar refractivity (Wildman–Crippen MR) is 110 cm³/mol. The number of aryl methyl sites for hydroxylation is 1. The van der Waals surface area contributed by atoms with Gasteiger partial charge in [0.15, 0.2) is 17.0 Å². The lowest BCUT2D eigenvalue weighted by Crippen LogP contribution is -2.22. The van der Waals surface area contributed by atoms with Crippen molar-refractivity contribution in [2.45, 2.75) is 31.9 Å². The van der Waals surface area contributed by atoms with Gasteiger partial charge >= 0.3 is 0 Å². The number of ether oxygens (including phenoxy) is 1. The molecule has 2 aromatic heterocycles. The van der Waals surface area contributed by atoms with Gasteiger partial charge < -0.3 is 24.4 Å². The molecule has 2 N–H and O–H groups in total. The zero-order chi connectivity index (χ0) is 20.2.